The van der Waals surface area contributed by atoms with E-state index in [1.807, 2.05) is 48.5 Å². The van der Waals surface area contributed by atoms with Crippen LogP contribution in [0, 0.1) is 17.8 Å². The highest BCUT2D eigenvalue weighted by Crippen LogP contribution is 2.49. The Morgan fingerprint density at radius 3 is 1.95 bits per heavy atom. The van der Waals surface area contributed by atoms with Gasteiger partial charge in [0.15, 0.2) is 11.6 Å². The number of anilines is 2. The molecule has 1 spiro atoms. The van der Waals surface area contributed by atoms with E-state index >= 15 is 0 Å². The number of rotatable bonds is 4. The number of hydrogen-bond acceptors (Lipinski definition) is 5. The second-order valence-electron chi connectivity index (χ2n) is 13.5. The van der Waals surface area contributed by atoms with E-state index < -0.39 is 38.2 Å². The van der Waals surface area contributed by atoms with Gasteiger partial charge in [0, 0.05) is 16.7 Å². The largest absolute Gasteiger partial charge is 0.369 e. The number of benzene rings is 3. The van der Waals surface area contributed by atoms with E-state index in [2.05, 4.69) is 5.32 Å². The Labute approximate surface area is 269 Å². The van der Waals surface area contributed by atoms with Gasteiger partial charge in [-0.2, -0.15) is 0 Å². The molecule has 0 saturated carbocycles. The predicted octanol–water partition coefficient (Wildman–Crippen LogP) is 8.44. The number of Topliss-reactive ketones (excluding diaryl/α,β-unsaturated/α-hetero) is 2. The van der Waals surface area contributed by atoms with Crippen molar-refractivity contribution in [2.24, 2.45) is 10.8 Å². The van der Waals surface area contributed by atoms with Crippen molar-refractivity contribution in [3.05, 3.63) is 111 Å². The van der Waals surface area contributed by atoms with Crippen LogP contribution in [-0.4, -0.2) is 31.6 Å². The molecule has 9 heteroatoms. The minimum absolute atomic E-state index is 0.0360. The molecule has 0 saturated heterocycles. The molecule has 1 aliphatic carbocycles. The summed E-state index contributed by atoms with van der Waals surface area (Å²) in [5.41, 5.74) is 0.168. The second-order valence-corrected chi connectivity index (χ2v) is 16.2. The fourth-order valence-electron chi connectivity index (χ4n) is 5.77. The molecule has 5 rings (SSSR count). The molecule has 1 N–H and O–H groups in total. The number of halogens is 2. The Hall–Kier alpha value is -3.39. The molecular formula is C35H36Cl2N2O4S. The molecule has 0 amide bonds. The Morgan fingerprint density at radius 1 is 0.841 bits per heavy atom. The molecule has 6 nitrogen and oxygen atoms in total. The summed E-state index contributed by atoms with van der Waals surface area (Å²) in [4.78, 5) is 29.0. The number of carbonyl (C=O) groups is 2. The zero-order valence-electron chi connectivity index (χ0n) is 25.8. The van der Waals surface area contributed by atoms with E-state index in [1.54, 1.807) is 60.7 Å². The lowest BCUT2D eigenvalue weighted by atomic mass is 9.66. The van der Waals surface area contributed by atoms with Gasteiger partial charge < -0.3 is 5.32 Å². The number of nitrogens with one attached hydrogen (secondary N) is 1. The number of hydrogen-bond donors (Lipinski definition) is 1. The lowest BCUT2D eigenvalue weighted by Gasteiger charge is -2.50. The molecule has 0 bridgehead atoms. The van der Waals surface area contributed by atoms with Crippen LogP contribution < -0.4 is 9.62 Å². The maximum absolute atomic E-state index is 14.9. The van der Waals surface area contributed by atoms with E-state index in [0.717, 1.165) is 5.56 Å². The average Bonchev–Trinajstić information content (AvgIpc) is 2.93. The highest BCUT2D eigenvalue weighted by molar-refractivity contribution is 7.93. The molecule has 3 aromatic rings. The maximum Gasteiger partial charge on any atom is 0.265 e. The summed E-state index contributed by atoms with van der Waals surface area (Å²) in [6.45, 7) is 13.5. The Kier molecular flexibility index (Phi) is 7.93. The normalized spacial score (nSPS) is 18.3. The lowest BCUT2D eigenvalue weighted by Crippen LogP contribution is -2.65. The summed E-state index contributed by atoms with van der Waals surface area (Å²) in [6, 6.07) is 16.6. The second kappa shape index (κ2) is 10.9. The van der Waals surface area contributed by atoms with Gasteiger partial charge in [0.25, 0.3) is 10.0 Å². The van der Waals surface area contributed by atoms with Gasteiger partial charge >= 0.3 is 0 Å². The molecule has 44 heavy (non-hydrogen) atoms. The molecule has 1 aliphatic heterocycles. The zero-order valence-corrected chi connectivity index (χ0v) is 28.2. The number of allylic oxidation sites excluding steroid dienone is 2. The van der Waals surface area contributed by atoms with Crippen LogP contribution in [0.15, 0.2) is 94.9 Å². The van der Waals surface area contributed by atoms with Crippen molar-refractivity contribution < 1.29 is 18.0 Å². The first-order valence-corrected chi connectivity index (χ1v) is 16.6. The van der Waals surface area contributed by atoms with Gasteiger partial charge in [-0.3, -0.25) is 13.9 Å². The first-order chi connectivity index (χ1) is 20.4. The highest BCUT2D eigenvalue weighted by Gasteiger charge is 2.55. The summed E-state index contributed by atoms with van der Waals surface area (Å²) in [6.07, 6.45) is 3.50. The topological polar surface area (TPSA) is 83.6 Å². The summed E-state index contributed by atoms with van der Waals surface area (Å²) in [5, 5.41) is 3.97. The van der Waals surface area contributed by atoms with Crippen LogP contribution in [0.5, 0.6) is 0 Å². The zero-order chi connectivity index (χ0) is 32.4. The van der Waals surface area contributed by atoms with Crippen LogP contribution in [0.1, 0.15) is 57.5 Å². The predicted molar refractivity (Wildman–Crippen MR) is 178 cm³/mol. The van der Waals surface area contributed by atoms with E-state index in [9.17, 15) is 18.0 Å². The van der Waals surface area contributed by atoms with Crippen molar-refractivity contribution >= 4 is 56.2 Å². The van der Waals surface area contributed by atoms with Crippen LogP contribution in [0.25, 0.3) is 0 Å². The molecule has 230 valence electrons. The third-order valence-corrected chi connectivity index (χ3v) is 10.6. The van der Waals surface area contributed by atoms with Crippen molar-refractivity contribution in [3.63, 3.8) is 0 Å². The maximum atomic E-state index is 14.9. The summed E-state index contributed by atoms with van der Waals surface area (Å²) >= 11 is 12.6. The van der Waals surface area contributed by atoms with E-state index in [4.69, 9.17) is 23.2 Å². The van der Waals surface area contributed by atoms with Gasteiger partial charge in [-0.05, 0) is 72.4 Å². The minimum Gasteiger partial charge on any atom is -0.369 e. The first kappa shape index (κ1) is 32.0. The third-order valence-electron chi connectivity index (χ3n) is 8.08. The van der Waals surface area contributed by atoms with Crippen molar-refractivity contribution in [1.82, 2.24) is 0 Å². The third kappa shape index (κ3) is 5.50. The van der Waals surface area contributed by atoms with E-state index in [1.165, 1.54) is 22.5 Å². The summed E-state index contributed by atoms with van der Waals surface area (Å²) < 4.78 is 30.7. The van der Waals surface area contributed by atoms with Crippen molar-refractivity contribution in [3.8, 4) is 0 Å². The van der Waals surface area contributed by atoms with Crippen LogP contribution in [0.3, 0.4) is 0 Å². The number of ketones is 2. The van der Waals surface area contributed by atoms with Crippen LogP contribution in [-0.2, 0) is 14.8 Å². The Bertz CT molecular complexity index is 1810. The van der Waals surface area contributed by atoms with Crippen LogP contribution in [0.2, 0.25) is 10.0 Å². The highest BCUT2D eigenvalue weighted by atomic mass is 35.5. The number of para-hydroxylation sites is 2. The number of aryl methyl sites for hydroxylation is 1. The van der Waals surface area contributed by atoms with Crippen LogP contribution >= 0.6 is 23.2 Å². The standard InChI is InChI=1S/C35H36Cl2N2O4S/c1-21-12-15-23(16-13-21)44(42,43)39-29-11-9-8-10-28(29)38-35(32(39)30(40)22-14-17-26(36)27(37)18-22)19-24(33(2,3)4)31(41)25(20-35)34(5,6)7/h8-20,32,38H,1-7H3. The molecule has 2 aliphatic rings. The molecule has 1 heterocycles. The molecule has 1 unspecified atom stereocenters. The molecular weight excluding hydrogens is 615 g/mol. The van der Waals surface area contributed by atoms with Gasteiger partial charge in [0.05, 0.1) is 26.3 Å². The van der Waals surface area contributed by atoms with Gasteiger partial charge in [-0.15, -0.1) is 0 Å². The van der Waals surface area contributed by atoms with Gasteiger partial charge in [0.1, 0.15) is 11.6 Å². The van der Waals surface area contributed by atoms with E-state index in [-0.39, 0.29) is 26.3 Å². The minimum atomic E-state index is -4.34. The SMILES string of the molecule is Cc1ccc(S(=O)(=O)N2c3ccccc3NC3(C=C(C(C)(C)C)C(=O)C(C(C)(C)C)=C3)C2C(=O)c2ccc(Cl)c(Cl)c2)cc1. The number of sulfonamides is 1. The average molecular weight is 652 g/mol. The monoisotopic (exact) mass is 650 g/mol. The fraction of sp³-hybridized carbons (Fsp3) is 0.314. The molecule has 0 fully saturated rings. The first-order valence-electron chi connectivity index (χ1n) is 14.4. The Morgan fingerprint density at radius 2 is 1.41 bits per heavy atom. The summed E-state index contributed by atoms with van der Waals surface area (Å²) in [5.74, 6) is -0.644. The van der Waals surface area contributed by atoms with E-state index in [0.29, 0.717) is 22.5 Å². The van der Waals surface area contributed by atoms with Crippen LogP contribution in [0.4, 0.5) is 11.4 Å². The van der Waals surface area contributed by atoms with Gasteiger partial charge in [-0.1, -0.05) is 94.6 Å². The quantitative estimate of drug-likeness (QED) is 0.287. The molecule has 1 atom stereocenters. The molecule has 0 aromatic heterocycles. The lowest BCUT2D eigenvalue weighted by molar-refractivity contribution is -0.114. The van der Waals surface area contributed by atoms with Gasteiger partial charge in [-0.25, -0.2) is 8.42 Å². The van der Waals surface area contributed by atoms with Crippen molar-refractivity contribution in [2.75, 3.05) is 9.62 Å². The number of nitrogens with zero attached hydrogens (tertiary/aromatic N) is 1. The van der Waals surface area contributed by atoms with Crippen molar-refractivity contribution in [2.45, 2.75) is 64.9 Å². The fourth-order valence-corrected chi connectivity index (χ4v) is 7.74. The smallest absolute Gasteiger partial charge is 0.265 e. The molecule has 0 radical (unpaired) electrons. The Balaban J connectivity index is 1.91. The molecule has 3 aromatic carbocycles. The number of fused-ring (bicyclic) bond motifs is 1. The number of carbonyl (C=O) groups excluding carboxylic acids is 2. The summed E-state index contributed by atoms with van der Waals surface area (Å²) in [7, 11) is -4.34. The van der Waals surface area contributed by atoms with Gasteiger partial charge in [0.2, 0.25) is 0 Å². The van der Waals surface area contributed by atoms with Crippen molar-refractivity contribution in [1.29, 1.82) is 0 Å².